The first-order valence-electron chi connectivity index (χ1n) is 12.3. The topological polar surface area (TPSA) is 18.1 Å². The molecule has 0 fully saturated rings. The molecular weight excluding hydrogens is 438 g/mol. The summed E-state index contributed by atoms with van der Waals surface area (Å²) in [6, 6.07) is 45.3. The fourth-order valence-electron chi connectivity index (χ4n) is 5.79. The molecule has 0 bridgehead atoms. The van der Waals surface area contributed by atoms with Gasteiger partial charge in [-0.15, -0.1) is 0 Å². The molecule has 0 saturated heterocycles. The highest BCUT2D eigenvalue weighted by Crippen LogP contribution is 2.43. The standard InChI is InChI=1S/C34H21NO/c1-2-9-22(10-3-1)24-12-8-13-25(21-24)35-33-26-14-5-4-11-23(26)17-18-27(33)28-19-20-31-32(34(28)35)29-15-6-7-16-30(29)36-31/h1-21H. The number of hydrogen-bond donors (Lipinski definition) is 0. The van der Waals surface area contributed by atoms with Crippen LogP contribution in [0.2, 0.25) is 0 Å². The molecular formula is C34H21NO. The van der Waals surface area contributed by atoms with Crippen LogP contribution in [0.1, 0.15) is 0 Å². The van der Waals surface area contributed by atoms with E-state index in [1.54, 1.807) is 0 Å². The number of rotatable bonds is 2. The van der Waals surface area contributed by atoms with Crippen LogP contribution >= 0.6 is 0 Å². The molecule has 0 unspecified atom stereocenters. The third-order valence-electron chi connectivity index (χ3n) is 7.37. The number of nitrogens with zero attached hydrogens (tertiary/aromatic N) is 1. The Hall–Kier alpha value is -4.82. The summed E-state index contributed by atoms with van der Waals surface area (Å²) in [6.45, 7) is 0. The molecule has 168 valence electrons. The quantitative estimate of drug-likeness (QED) is 0.252. The maximum absolute atomic E-state index is 6.31. The van der Waals surface area contributed by atoms with E-state index < -0.39 is 0 Å². The van der Waals surface area contributed by atoms with Crippen molar-refractivity contribution in [2.45, 2.75) is 0 Å². The fraction of sp³-hybridized carbons (Fsp3) is 0. The van der Waals surface area contributed by atoms with Gasteiger partial charge < -0.3 is 8.98 Å². The van der Waals surface area contributed by atoms with Gasteiger partial charge >= 0.3 is 0 Å². The van der Waals surface area contributed by atoms with E-state index in [0.29, 0.717) is 0 Å². The maximum atomic E-state index is 6.31. The first-order chi connectivity index (χ1) is 17.9. The Labute approximate surface area is 207 Å². The first-order valence-corrected chi connectivity index (χ1v) is 12.3. The zero-order valence-electron chi connectivity index (χ0n) is 19.5. The van der Waals surface area contributed by atoms with Crippen molar-refractivity contribution in [2.24, 2.45) is 0 Å². The van der Waals surface area contributed by atoms with Gasteiger partial charge in [0.15, 0.2) is 0 Å². The summed E-state index contributed by atoms with van der Waals surface area (Å²) in [4.78, 5) is 0. The van der Waals surface area contributed by atoms with Crippen LogP contribution in [-0.2, 0) is 0 Å². The van der Waals surface area contributed by atoms with Crippen molar-refractivity contribution in [2.75, 3.05) is 0 Å². The maximum Gasteiger partial charge on any atom is 0.137 e. The normalized spacial score (nSPS) is 11.9. The van der Waals surface area contributed by atoms with Gasteiger partial charge in [0.1, 0.15) is 11.2 Å². The minimum absolute atomic E-state index is 0.913. The van der Waals surface area contributed by atoms with Crippen LogP contribution in [-0.4, -0.2) is 4.57 Å². The van der Waals surface area contributed by atoms with Crippen molar-refractivity contribution < 1.29 is 4.42 Å². The Kier molecular flexibility index (Phi) is 3.97. The average molecular weight is 460 g/mol. The molecule has 0 amide bonds. The third kappa shape index (κ3) is 2.67. The zero-order chi connectivity index (χ0) is 23.6. The van der Waals surface area contributed by atoms with Crippen LogP contribution in [0, 0.1) is 0 Å². The molecule has 0 aliphatic rings. The SMILES string of the molecule is c1ccc(-c2cccc(-n3c4c5ccccc5ccc4c4ccc5oc6ccccc6c5c43)c2)cc1. The van der Waals surface area contributed by atoms with Gasteiger partial charge in [0, 0.05) is 27.2 Å². The van der Waals surface area contributed by atoms with Crippen LogP contribution in [0.25, 0.3) is 71.3 Å². The van der Waals surface area contributed by atoms with Crippen LogP contribution in [0.15, 0.2) is 132 Å². The number of furan rings is 1. The predicted octanol–water partition coefficient (Wildman–Crippen LogP) is 9.50. The van der Waals surface area contributed by atoms with Gasteiger partial charge in [0.05, 0.1) is 16.4 Å². The van der Waals surface area contributed by atoms with Crippen molar-refractivity contribution in [1.82, 2.24) is 4.57 Å². The van der Waals surface area contributed by atoms with Crippen LogP contribution < -0.4 is 0 Å². The summed E-state index contributed by atoms with van der Waals surface area (Å²) in [6.07, 6.45) is 0. The largest absolute Gasteiger partial charge is 0.456 e. The van der Waals surface area contributed by atoms with Crippen LogP contribution in [0.4, 0.5) is 0 Å². The van der Waals surface area contributed by atoms with Gasteiger partial charge in [-0.2, -0.15) is 0 Å². The van der Waals surface area contributed by atoms with E-state index in [0.717, 1.165) is 27.6 Å². The third-order valence-corrected chi connectivity index (χ3v) is 7.37. The molecule has 0 N–H and O–H groups in total. The summed E-state index contributed by atoms with van der Waals surface area (Å²) in [5.41, 5.74) is 7.80. The molecule has 2 nitrogen and oxygen atoms in total. The lowest BCUT2D eigenvalue weighted by molar-refractivity contribution is 0.669. The Morgan fingerprint density at radius 2 is 1.17 bits per heavy atom. The highest BCUT2D eigenvalue weighted by molar-refractivity contribution is 6.27. The van der Waals surface area contributed by atoms with E-state index in [1.165, 1.54) is 43.7 Å². The number of para-hydroxylation sites is 1. The lowest BCUT2D eigenvalue weighted by atomic mass is 10.0. The van der Waals surface area contributed by atoms with E-state index in [1.807, 2.05) is 6.07 Å². The molecule has 2 heteroatoms. The zero-order valence-corrected chi connectivity index (χ0v) is 19.5. The summed E-state index contributed by atoms with van der Waals surface area (Å²) in [7, 11) is 0. The first kappa shape index (κ1) is 19.5. The van der Waals surface area contributed by atoms with Crippen LogP contribution in [0.3, 0.4) is 0 Å². The summed E-state index contributed by atoms with van der Waals surface area (Å²) < 4.78 is 8.76. The van der Waals surface area contributed by atoms with Crippen molar-refractivity contribution in [3.05, 3.63) is 127 Å². The van der Waals surface area contributed by atoms with Crippen LogP contribution in [0.5, 0.6) is 0 Å². The second-order valence-corrected chi connectivity index (χ2v) is 9.37. The van der Waals surface area contributed by atoms with Crippen molar-refractivity contribution in [3.8, 4) is 16.8 Å². The number of aromatic nitrogens is 1. The lowest BCUT2D eigenvalue weighted by Gasteiger charge is -2.12. The van der Waals surface area contributed by atoms with Gasteiger partial charge in [-0.1, -0.05) is 97.1 Å². The summed E-state index contributed by atoms with van der Waals surface area (Å²) in [5, 5.41) is 7.28. The highest BCUT2D eigenvalue weighted by atomic mass is 16.3. The number of hydrogen-bond acceptors (Lipinski definition) is 1. The van der Waals surface area contributed by atoms with E-state index >= 15 is 0 Å². The molecule has 0 atom stereocenters. The molecule has 0 saturated carbocycles. The molecule has 0 aliphatic carbocycles. The van der Waals surface area contributed by atoms with Gasteiger partial charge in [-0.05, 0) is 46.8 Å². The van der Waals surface area contributed by atoms with E-state index in [-0.39, 0.29) is 0 Å². The Balaban J connectivity index is 1.61. The molecule has 2 heterocycles. The van der Waals surface area contributed by atoms with Gasteiger partial charge in [-0.25, -0.2) is 0 Å². The van der Waals surface area contributed by atoms with Crippen molar-refractivity contribution in [1.29, 1.82) is 0 Å². The minimum Gasteiger partial charge on any atom is -0.456 e. The smallest absolute Gasteiger partial charge is 0.137 e. The van der Waals surface area contributed by atoms with E-state index in [9.17, 15) is 0 Å². The Morgan fingerprint density at radius 3 is 2.08 bits per heavy atom. The number of fused-ring (bicyclic) bond motifs is 9. The molecule has 8 aromatic rings. The Morgan fingerprint density at radius 1 is 0.444 bits per heavy atom. The predicted molar refractivity (Wildman–Crippen MR) is 151 cm³/mol. The monoisotopic (exact) mass is 459 g/mol. The minimum atomic E-state index is 0.913. The second kappa shape index (κ2) is 7.34. The average Bonchev–Trinajstić information content (AvgIpc) is 3.49. The molecule has 6 aromatic carbocycles. The van der Waals surface area contributed by atoms with Crippen molar-refractivity contribution in [3.63, 3.8) is 0 Å². The highest BCUT2D eigenvalue weighted by Gasteiger charge is 2.20. The molecule has 0 aliphatic heterocycles. The fourth-order valence-corrected chi connectivity index (χ4v) is 5.79. The second-order valence-electron chi connectivity index (χ2n) is 9.37. The molecule has 8 rings (SSSR count). The van der Waals surface area contributed by atoms with Gasteiger partial charge in [0.2, 0.25) is 0 Å². The van der Waals surface area contributed by atoms with Crippen molar-refractivity contribution >= 4 is 54.5 Å². The van der Waals surface area contributed by atoms with E-state index in [2.05, 4.69) is 126 Å². The number of benzene rings is 6. The molecule has 36 heavy (non-hydrogen) atoms. The van der Waals surface area contributed by atoms with Gasteiger partial charge in [0.25, 0.3) is 0 Å². The molecule has 2 aromatic heterocycles. The molecule has 0 spiro atoms. The van der Waals surface area contributed by atoms with Gasteiger partial charge in [-0.3, -0.25) is 0 Å². The lowest BCUT2D eigenvalue weighted by Crippen LogP contribution is -1.95. The van der Waals surface area contributed by atoms with E-state index in [4.69, 9.17) is 4.42 Å². The Bertz CT molecular complexity index is 2090. The summed E-state index contributed by atoms with van der Waals surface area (Å²) in [5.74, 6) is 0. The summed E-state index contributed by atoms with van der Waals surface area (Å²) >= 11 is 0. The molecule has 0 radical (unpaired) electrons.